The first-order valence-corrected chi connectivity index (χ1v) is 6.93. The lowest BCUT2D eigenvalue weighted by Gasteiger charge is -2.15. The molecule has 0 aliphatic heterocycles. The molecule has 1 aromatic carbocycles. The standard InChI is InChI=1S/C17H22N2/c1-14-7-3-4-8-16(14)13-15(2)18-12-10-17-9-5-6-11-19-17/h3-9,11,15,18H,10,12-13H2,1-2H3/t15-/m0/s1. The molecule has 1 aromatic heterocycles. The van der Waals surface area contributed by atoms with Crippen molar-refractivity contribution < 1.29 is 0 Å². The summed E-state index contributed by atoms with van der Waals surface area (Å²) in [5.74, 6) is 0. The molecule has 0 saturated heterocycles. The predicted octanol–water partition coefficient (Wildman–Crippen LogP) is 3.15. The van der Waals surface area contributed by atoms with Gasteiger partial charge in [-0.15, -0.1) is 0 Å². The average Bonchev–Trinajstić information content (AvgIpc) is 2.43. The maximum Gasteiger partial charge on any atom is 0.0416 e. The fourth-order valence-electron chi connectivity index (χ4n) is 2.23. The van der Waals surface area contributed by atoms with E-state index in [1.807, 2.05) is 18.3 Å². The molecule has 19 heavy (non-hydrogen) atoms. The van der Waals surface area contributed by atoms with E-state index in [9.17, 15) is 0 Å². The summed E-state index contributed by atoms with van der Waals surface area (Å²) in [5, 5.41) is 3.57. The Bertz CT molecular complexity index is 494. The van der Waals surface area contributed by atoms with Crippen LogP contribution in [-0.4, -0.2) is 17.6 Å². The number of nitrogens with one attached hydrogen (secondary N) is 1. The van der Waals surface area contributed by atoms with Crippen LogP contribution in [0.1, 0.15) is 23.7 Å². The fourth-order valence-corrected chi connectivity index (χ4v) is 2.23. The van der Waals surface area contributed by atoms with Crippen molar-refractivity contribution in [3.8, 4) is 0 Å². The summed E-state index contributed by atoms with van der Waals surface area (Å²) in [4.78, 5) is 4.33. The normalized spacial score (nSPS) is 12.3. The highest BCUT2D eigenvalue weighted by Gasteiger charge is 2.04. The number of hydrogen-bond acceptors (Lipinski definition) is 2. The summed E-state index contributed by atoms with van der Waals surface area (Å²) in [5.41, 5.74) is 3.96. The zero-order valence-corrected chi connectivity index (χ0v) is 11.8. The van der Waals surface area contributed by atoms with E-state index >= 15 is 0 Å². The molecule has 0 bridgehead atoms. The van der Waals surface area contributed by atoms with Crippen molar-refractivity contribution in [2.24, 2.45) is 0 Å². The molecule has 2 aromatic rings. The van der Waals surface area contributed by atoms with Gasteiger partial charge in [0.15, 0.2) is 0 Å². The van der Waals surface area contributed by atoms with Crippen LogP contribution >= 0.6 is 0 Å². The third kappa shape index (κ3) is 4.49. The Hall–Kier alpha value is -1.67. The summed E-state index contributed by atoms with van der Waals surface area (Å²) in [6.45, 7) is 5.39. The minimum absolute atomic E-state index is 0.491. The lowest BCUT2D eigenvalue weighted by atomic mass is 10.0. The average molecular weight is 254 g/mol. The molecule has 1 atom stereocenters. The molecule has 0 spiro atoms. The van der Waals surface area contributed by atoms with Gasteiger partial charge in [-0.3, -0.25) is 4.98 Å². The number of aryl methyl sites for hydroxylation is 1. The lowest BCUT2D eigenvalue weighted by molar-refractivity contribution is 0.545. The van der Waals surface area contributed by atoms with Gasteiger partial charge in [0, 0.05) is 30.9 Å². The number of aromatic nitrogens is 1. The number of nitrogens with zero attached hydrogens (tertiary/aromatic N) is 1. The first-order valence-electron chi connectivity index (χ1n) is 6.93. The molecule has 0 saturated carbocycles. The highest BCUT2D eigenvalue weighted by molar-refractivity contribution is 5.26. The molecule has 1 heterocycles. The molecule has 0 fully saturated rings. The van der Waals surface area contributed by atoms with Gasteiger partial charge in [-0.05, 0) is 43.5 Å². The number of pyridine rings is 1. The van der Waals surface area contributed by atoms with Crippen LogP contribution in [0.3, 0.4) is 0 Å². The Balaban J connectivity index is 1.76. The van der Waals surface area contributed by atoms with Gasteiger partial charge < -0.3 is 5.32 Å². The van der Waals surface area contributed by atoms with E-state index in [0.29, 0.717) is 6.04 Å². The van der Waals surface area contributed by atoms with Gasteiger partial charge in [-0.2, -0.15) is 0 Å². The zero-order chi connectivity index (χ0) is 13.5. The van der Waals surface area contributed by atoms with E-state index in [2.05, 4.69) is 54.5 Å². The van der Waals surface area contributed by atoms with Crippen LogP contribution < -0.4 is 5.32 Å². The van der Waals surface area contributed by atoms with E-state index in [4.69, 9.17) is 0 Å². The van der Waals surface area contributed by atoms with Gasteiger partial charge in [-0.1, -0.05) is 30.3 Å². The minimum atomic E-state index is 0.491. The van der Waals surface area contributed by atoms with E-state index in [1.54, 1.807) is 0 Å². The van der Waals surface area contributed by atoms with Crippen molar-refractivity contribution in [1.29, 1.82) is 0 Å². The molecule has 0 amide bonds. The van der Waals surface area contributed by atoms with Crippen molar-refractivity contribution in [1.82, 2.24) is 10.3 Å². The Kier molecular flexibility index (Phi) is 5.10. The minimum Gasteiger partial charge on any atom is -0.314 e. The van der Waals surface area contributed by atoms with Crippen LogP contribution in [0.5, 0.6) is 0 Å². The monoisotopic (exact) mass is 254 g/mol. The van der Waals surface area contributed by atoms with Gasteiger partial charge in [-0.25, -0.2) is 0 Å². The number of hydrogen-bond donors (Lipinski definition) is 1. The van der Waals surface area contributed by atoms with E-state index in [-0.39, 0.29) is 0 Å². The fraction of sp³-hybridized carbons (Fsp3) is 0.353. The lowest BCUT2D eigenvalue weighted by Crippen LogP contribution is -2.30. The largest absolute Gasteiger partial charge is 0.314 e. The zero-order valence-electron chi connectivity index (χ0n) is 11.8. The summed E-state index contributed by atoms with van der Waals surface area (Å²) < 4.78 is 0. The molecule has 0 unspecified atom stereocenters. The number of benzene rings is 1. The first-order chi connectivity index (χ1) is 9.25. The van der Waals surface area contributed by atoms with Crippen LogP contribution in [0.2, 0.25) is 0 Å². The van der Waals surface area contributed by atoms with Crippen LogP contribution in [0.4, 0.5) is 0 Å². The summed E-state index contributed by atoms with van der Waals surface area (Å²) >= 11 is 0. The van der Waals surface area contributed by atoms with Crippen LogP contribution in [0.25, 0.3) is 0 Å². The number of rotatable bonds is 6. The molecular formula is C17H22N2. The van der Waals surface area contributed by atoms with Crippen molar-refractivity contribution >= 4 is 0 Å². The highest BCUT2D eigenvalue weighted by Crippen LogP contribution is 2.09. The second-order valence-corrected chi connectivity index (χ2v) is 5.06. The topological polar surface area (TPSA) is 24.9 Å². The van der Waals surface area contributed by atoms with Crippen molar-refractivity contribution in [2.75, 3.05) is 6.54 Å². The summed E-state index contributed by atoms with van der Waals surface area (Å²) in [7, 11) is 0. The maximum atomic E-state index is 4.33. The molecule has 0 aliphatic carbocycles. The quantitative estimate of drug-likeness (QED) is 0.856. The second-order valence-electron chi connectivity index (χ2n) is 5.06. The van der Waals surface area contributed by atoms with E-state index < -0.39 is 0 Å². The maximum absolute atomic E-state index is 4.33. The van der Waals surface area contributed by atoms with E-state index in [0.717, 1.165) is 25.1 Å². The molecule has 0 aliphatic rings. The van der Waals surface area contributed by atoms with Gasteiger partial charge >= 0.3 is 0 Å². The van der Waals surface area contributed by atoms with Gasteiger partial charge in [0.05, 0.1) is 0 Å². The van der Waals surface area contributed by atoms with Crippen LogP contribution in [0.15, 0.2) is 48.7 Å². The molecule has 2 nitrogen and oxygen atoms in total. The highest BCUT2D eigenvalue weighted by atomic mass is 14.9. The van der Waals surface area contributed by atoms with Crippen LogP contribution in [0, 0.1) is 6.92 Å². The Morgan fingerprint density at radius 2 is 1.89 bits per heavy atom. The SMILES string of the molecule is Cc1ccccc1C[C@H](C)NCCc1ccccn1. The van der Waals surface area contributed by atoms with Crippen LogP contribution in [-0.2, 0) is 12.8 Å². The Morgan fingerprint density at radius 3 is 2.63 bits per heavy atom. The van der Waals surface area contributed by atoms with E-state index in [1.165, 1.54) is 11.1 Å². The molecule has 0 radical (unpaired) electrons. The predicted molar refractivity (Wildman–Crippen MR) is 80.3 cm³/mol. The first kappa shape index (κ1) is 13.8. The smallest absolute Gasteiger partial charge is 0.0416 e. The third-order valence-electron chi connectivity index (χ3n) is 3.39. The summed E-state index contributed by atoms with van der Waals surface area (Å²) in [6.07, 6.45) is 3.92. The Morgan fingerprint density at radius 1 is 1.11 bits per heavy atom. The van der Waals surface area contributed by atoms with Crippen molar-refractivity contribution in [3.63, 3.8) is 0 Å². The molecule has 100 valence electrons. The Labute approximate surface area is 115 Å². The molecule has 2 rings (SSSR count). The third-order valence-corrected chi connectivity index (χ3v) is 3.39. The molecule has 2 heteroatoms. The molecular weight excluding hydrogens is 232 g/mol. The molecule has 1 N–H and O–H groups in total. The van der Waals surface area contributed by atoms with Gasteiger partial charge in [0.25, 0.3) is 0 Å². The van der Waals surface area contributed by atoms with Crippen molar-refractivity contribution in [3.05, 3.63) is 65.5 Å². The second kappa shape index (κ2) is 7.05. The summed E-state index contributed by atoms with van der Waals surface area (Å²) in [6, 6.07) is 15.2. The van der Waals surface area contributed by atoms with Gasteiger partial charge in [0.2, 0.25) is 0 Å². The van der Waals surface area contributed by atoms with Crippen molar-refractivity contribution in [2.45, 2.75) is 32.7 Å². The van der Waals surface area contributed by atoms with Gasteiger partial charge in [0.1, 0.15) is 0 Å².